The van der Waals surface area contributed by atoms with Crippen LogP contribution in [-0.2, 0) is 9.59 Å². The maximum atomic E-state index is 12.0. The molecule has 158 valence electrons. The van der Waals surface area contributed by atoms with E-state index in [1.54, 1.807) is 0 Å². The second kappa shape index (κ2) is 9.01. The van der Waals surface area contributed by atoms with Crippen molar-refractivity contribution in [1.82, 2.24) is 10.2 Å². The summed E-state index contributed by atoms with van der Waals surface area (Å²) in [5, 5.41) is 26.9. The van der Waals surface area contributed by atoms with Crippen LogP contribution in [0.2, 0.25) is 0 Å². The zero-order chi connectivity index (χ0) is 21.8. The summed E-state index contributed by atoms with van der Waals surface area (Å²) in [7, 11) is -2.25. The maximum Gasteiger partial charge on any atom is 0.256 e. The molecule has 1 aromatic heterocycles. The van der Waals surface area contributed by atoms with Crippen molar-refractivity contribution in [2.24, 2.45) is 10.9 Å². The Morgan fingerprint density at radius 3 is 2.31 bits per heavy atom. The first-order chi connectivity index (χ1) is 13.5. The molecule has 13 nitrogen and oxygen atoms in total. The van der Waals surface area contributed by atoms with E-state index in [9.17, 15) is 28.6 Å². The summed E-state index contributed by atoms with van der Waals surface area (Å²) in [4.78, 5) is 35.4. The quantitative estimate of drug-likeness (QED) is 0.222. The highest BCUT2D eigenvalue weighted by Gasteiger charge is 2.20. The van der Waals surface area contributed by atoms with E-state index in [2.05, 4.69) is 20.8 Å². The Balaban J connectivity index is 1.95. The van der Waals surface area contributed by atoms with Gasteiger partial charge in [-0.25, -0.2) is 5.14 Å². The Bertz CT molecular complexity index is 943. The van der Waals surface area contributed by atoms with Gasteiger partial charge in [-0.2, -0.15) is 0 Å². The summed E-state index contributed by atoms with van der Waals surface area (Å²) < 4.78 is 23.2. The smallest absolute Gasteiger partial charge is 0.256 e. The molecule has 15 heteroatoms. The molecule has 0 unspecified atom stereocenters. The number of nitrogens with one attached hydrogen (secondary N) is 2. The van der Waals surface area contributed by atoms with Gasteiger partial charge in [0.25, 0.3) is 5.91 Å². The monoisotopic (exact) mass is 446 g/mol. The standard InChI is InChI=1S/C14H18N6O7S2/c1-27-7-3-2-6(11(23)10(7)12(15)24)17-8(21)4-5-9(22)18-13-19-20-14(28-13)29(16,25)26/h2-3,23,25-26H,4-5,16H2,1H3,(H2,15,24)(H,17,21)(H,18,19,22). The van der Waals surface area contributed by atoms with Crippen molar-refractivity contribution in [2.45, 2.75) is 17.2 Å². The molecule has 0 bridgehead atoms. The minimum absolute atomic E-state index is 0.0188. The van der Waals surface area contributed by atoms with E-state index in [4.69, 9.17) is 15.6 Å². The molecule has 3 amide bonds. The van der Waals surface area contributed by atoms with Crippen molar-refractivity contribution in [3.8, 4) is 11.5 Å². The fraction of sp³-hybridized carbons (Fsp3) is 0.214. The third-order valence-corrected chi connectivity index (χ3v) is 5.58. The van der Waals surface area contributed by atoms with Crippen LogP contribution in [0.25, 0.3) is 0 Å². The van der Waals surface area contributed by atoms with Crippen molar-refractivity contribution in [3.05, 3.63) is 17.7 Å². The number of methoxy groups -OCH3 is 1. The van der Waals surface area contributed by atoms with Crippen LogP contribution in [0.4, 0.5) is 10.8 Å². The topological polar surface area (TPSA) is 223 Å². The summed E-state index contributed by atoms with van der Waals surface area (Å²) in [6, 6.07) is 2.66. The van der Waals surface area contributed by atoms with E-state index < -0.39 is 34.2 Å². The lowest BCUT2D eigenvalue weighted by Gasteiger charge is -2.20. The van der Waals surface area contributed by atoms with Crippen LogP contribution >= 0.6 is 22.1 Å². The lowest BCUT2D eigenvalue weighted by molar-refractivity contribution is -0.121. The third-order valence-electron chi connectivity index (χ3n) is 3.37. The van der Waals surface area contributed by atoms with E-state index in [1.165, 1.54) is 19.2 Å². The molecule has 0 radical (unpaired) electrons. The minimum atomic E-state index is -3.53. The molecule has 0 aliphatic carbocycles. The zero-order valence-corrected chi connectivity index (χ0v) is 16.5. The van der Waals surface area contributed by atoms with Gasteiger partial charge in [0, 0.05) is 12.8 Å². The number of anilines is 2. The Labute approximate surface area is 169 Å². The first-order valence-corrected chi connectivity index (χ1v) is 10.1. The van der Waals surface area contributed by atoms with Crippen LogP contribution in [0, 0.1) is 0 Å². The van der Waals surface area contributed by atoms with Crippen LogP contribution in [-0.4, -0.2) is 49.2 Å². The molecular formula is C14H18N6O7S2. The number of nitrogens with zero attached hydrogens (tertiary/aromatic N) is 2. The fourth-order valence-corrected chi connectivity index (χ4v) is 3.47. The lowest BCUT2D eigenvalue weighted by Crippen LogP contribution is -2.18. The molecule has 9 N–H and O–H groups in total. The summed E-state index contributed by atoms with van der Waals surface area (Å²) >= 11 is 0.683. The van der Waals surface area contributed by atoms with Crippen molar-refractivity contribution in [3.63, 3.8) is 0 Å². The van der Waals surface area contributed by atoms with Gasteiger partial charge in [0.05, 0.1) is 12.8 Å². The second-order valence-electron chi connectivity index (χ2n) is 5.47. The number of primary amides is 1. The fourth-order valence-electron chi connectivity index (χ4n) is 2.08. The summed E-state index contributed by atoms with van der Waals surface area (Å²) in [6.45, 7) is 0. The summed E-state index contributed by atoms with van der Waals surface area (Å²) in [5.74, 6) is -2.67. The third kappa shape index (κ3) is 5.75. The SMILES string of the molecule is COc1ccc(NC(=O)CCC(=O)Nc2nnc(S(N)(O)O)s2)c(O)c1C(N)=O. The Morgan fingerprint density at radius 2 is 1.79 bits per heavy atom. The molecule has 0 saturated heterocycles. The van der Waals surface area contributed by atoms with Crippen LogP contribution in [0.15, 0.2) is 16.5 Å². The molecule has 1 heterocycles. The summed E-state index contributed by atoms with van der Waals surface area (Å²) in [5.41, 5.74) is 4.83. The Morgan fingerprint density at radius 1 is 1.17 bits per heavy atom. The van der Waals surface area contributed by atoms with Crippen molar-refractivity contribution >= 4 is 50.7 Å². The molecule has 0 spiro atoms. The van der Waals surface area contributed by atoms with Gasteiger partial charge >= 0.3 is 0 Å². The van der Waals surface area contributed by atoms with Gasteiger partial charge in [-0.1, -0.05) is 22.1 Å². The van der Waals surface area contributed by atoms with Crippen LogP contribution in [0.5, 0.6) is 11.5 Å². The average Bonchev–Trinajstić information content (AvgIpc) is 3.10. The van der Waals surface area contributed by atoms with Gasteiger partial charge in [-0.3, -0.25) is 23.5 Å². The normalized spacial score (nSPS) is 11.6. The van der Waals surface area contributed by atoms with Gasteiger partial charge in [0.2, 0.25) is 21.3 Å². The average molecular weight is 446 g/mol. The number of ether oxygens (including phenoxy) is 1. The number of nitrogens with two attached hydrogens (primary N) is 2. The van der Waals surface area contributed by atoms with E-state index in [-0.39, 0.29) is 39.3 Å². The van der Waals surface area contributed by atoms with Gasteiger partial charge < -0.3 is 26.2 Å². The van der Waals surface area contributed by atoms with Gasteiger partial charge in [-0.05, 0) is 12.1 Å². The number of carbonyl (C=O) groups is 3. The number of benzene rings is 1. The predicted molar refractivity (Wildman–Crippen MR) is 105 cm³/mol. The van der Waals surface area contributed by atoms with Crippen molar-refractivity contribution in [1.29, 1.82) is 0 Å². The Hall–Kier alpha value is -2.98. The highest BCUT2D eigenvalue weighted by Crippen LogP contribution is 2.42. The van der Waals surface area contributed by atoms with Gasteiger partial charge in [0.15, 0.2) is 5.75 Å². The van der Waals surface area contributed by atoms with Crippen LogP contribution in [0.3, 0.4) is 0 Å². The number of carbonyl (C=O) groups excluding carboxylic acids is 3. The molecule has 0 atom stereocenters. The molecule has 0 aliphatic heterocycles. The number of aromatic hydroxyl groups is 1. The number of aromatic nitrogens is 2. The molecule has 1 aromatic carbocycles. The van der Waals surface area contributed by atoms with E-state index in [0.29, 0.717) is 11.3 Å². The van der Waals surface area contributed by atoms with E-state index >= 15 is 0 Å². The maximum absolute atomic E-state index is 12.0. The van der Waals surface area contributed by atoms with E-state index in [0.717, 1.165) is 0 Å². The largest absolute Gasteiger partial charge is 0.505 e. The van der Waals surface area contributed by atoms with Crippen molar-refractivity contribution in [2.75, 3.05) is 17.7 Å². The Kier molecular flexibility index (Phi) is 6.93. The molecule has 29 heavy (non-hydrogen) atoms. The number of hydrogen-bond donors (Lipinski definition) is 7. The first-order valence-electron chi connectivity index (χ1n) is 7.72. The summed E-state index contributed by atoms with van der Waals surface area (Å²) in [6.07, 6.45) is -0.514. The molecular weight excluding hydrogens is 428 g/mol. The molecule has 0 fully saturated rings. The highest BCUT2D eigenvalue weighted by atomic mass is 32.3. The van der Waals surface area contributed by atoms with Crippen molar-refractivity contribution < 1.29 is 33.3 Å². The van der Waals surface area contributed by atoms with Gasteiger partial charge in [-0.15, -0.1) is 10.2 Å². The second-order valence-corrected chi connectivity index (χ2v) is 8.27. The van der Waals surface area contributed by atoms with Gasteiger partial charge in [0.1, 0.15) is 11.3 Å². The molecule has 2 rings (SSSR count). The molecule has 0 saturated carbocycles. The highest BCUT2D eigenvalue weighted by molar-refractivity contribution is 8.23. The lowest BCUT2D eigenvalue weighted by atomic mass is 10.1. The molecule has 2 aromatic rings. The molecule has 0 aliphatic rings. The number of hydrogen-bond acceptors (Lipinski definition) is 11. The number of phenols is 1. The number of amides is 3. The van der Waals surface area contributed by atoms with Crippen LogP contribution < -0.4 is 26.2 Å². The zero-order valence-electron chi connectivity index (χ0n) is 14.9. The van der Waals surface area contributed by atoms with Crippen LogP contribution in [0.1, 0.15) is 23.2 Å². The first kappa shape index (κ1) is 22.3. The van der Waals surface area contributed by atoms with E-state index in [1.807, 2.05) is 0 Å². The number of rotatable bonds is 8. The predicted octanol–water partition coefficient (Wildman–Crippen LogP) is 0.692. The minimum Gasteiger partial charge on any atom is -0.505 e.